The highest BCUT2D eigenvalue weighted by molar-refractivity contribution is 5.68. The Labute approximate surface area is 135 Å². The van der Waals surface area contributed by atoms with Crippen LogP contribution in [0.2, 0.25) is 0 Å². The molecule has 130 valence electrons. The van der Waals surface area contributed by atoms with Crippen molar-refractivity contribution >= 4 is 5.97 Å². The quantitative estimate of drug-likeness (QED) is 0.480. The van der Waals surface area contributed by atoms with Crippen molar-refractivity contribution in [1.29, 1.82) is 0 Å². The van der Waals surface area contributed by atoms with Crippen LogP contribution in [0, 0.1) is 12.3 Å². The molecule has 0 unspecified atom stereocenters. The zero-order chi connectivity index (χ0) is 17.7. The molecule has 0 bridgehead atoms. The summed E-state index contributed by atoms with van der Waals surface area (Å²) in [5, 5.41) is 18.2. The third-order valence-corrected chi connectivity index (χ3v) is 3.35. The van der Waals surface area contributed by atoms with Gasteiger partial charge in [-0.15, -0.1) is 6.42 Å². The number of H-pyrrole nitrogens is 1. The summed E-state index contributed by atoms with van der Waals surface area (Å²) in [6.45, 7) is -1.25. The van der Waals surface area contributed by atoms with Crippen LogP contribution in [0.15, 0.2) is 21.9 Å². The van der Waals surface area contributed by atoms with Crippen molar-refractivity contribution in [3.05, 3.63) is 33.1 Å². The molecule has 0 spiro atoms. The van der Waals surface area contributed by atoms with Gasteiger partial charge in [-0.05, 0) is 0 Å². The fourth-order valence-corrected chi connectivity index (χ4v) is 2.40. The Morgan fingerprint density at radius 2 is 2.17 bits per heavy atom. The van der Waals surface area contributed by atoms with E-state index in [0.29, 0.717) is 0 Å². The highest BCUT2D eigenvalue weighted by Gasteiger charge is 2.47. The molecule has 1 aliphatic heterocycles. The molecule has 1 aromatic heterocycles. The number of terminal acetylenes is 1. The highest BCUT2D eigenvalue weighted by atomic mass is 16.6. The fourth-order valence-electron chi connectivity index (χ4n) is 2.40. The Morgan fingerprint density at radius 1 is 1.42 bits per heavy atom. The third-order valence-electron chi connectivity index (χ3n) is 3.35. The number of aliphatic hydroxyl groups excluding tert-OH is 1. The molecule has 10 nitrogen and oxygen atoms in total. The first-order valence-electron chi connectivity index (χ1n) is 6.94. The normalized spacial score (nSPS) is 26.2. The smallest absolute Gasteiger partial charge is 0.330 e. The molecule has 1 saturated heterocycles. The minimum Gasteiger partial charge on any atom is -0.480 e. The molecule has 1 aromatic rings. The van der Waals surface area contributed by atoms with Crippen LogP contribution in [0.4, 0.5) is 0 Å². The van der Waals surface area contributed by atoms with Crippen molar-refractivity contribution in [1.82, 2.24) is 9.55 Å². The molecule has 2 rings (SSSR count). The average Bonchev–Trinajstić information content (AvgIpc) is 2.88. The van der Waals surface area contributed by atoms with E-state index >= 15 is 0 Å². The van der Waals surface area contributed by atoms with Gasteiger partial charge in [0.2, 0.25) is 0 Å². The second-order valence-corrected chi connectivity index (χ2v) is 4.91. The Morgan fingerprint density at radius 3 is 2.75 bits per heavy atom. The molecule has 10 heteroatoms. The Balaban J connectivity index is 2.35. The van der Waals surface area contributed by atoms with E-state index in [1.807, 2.05) is 0 Å². The van der Waals surface area contributed by atoms with Crippen LogP contribution < -0.4 is 11.2 Å². The second-order valence-electron chi connectivity index (χ2n) is 4.91. The predicted octanol–water partition coefficient (Wildman–Crippen LogP) is -2.09. The standard InChI is InChI=1S/C14H16N2O8/c1-2-5-22-11-8(6-17)24-13(12(11)23-7-10(19)20)16-4-3-9(18)15-14(16)21/h1,3-4,8,11-13,17H,5-7H2,(H,19,20)(H,15,18,21)/t8-,11-,12-,13-/m1/s1. The minimum absolute atomic E-state index is 0.120. The second kappa shape index (κ2) is 7.89. The van der Waals surface area contributed by atoms with E-state index in [4.69, 9.17) is 25.7 Å². The van der Waals surface area contributed by atoms with Crippen LogP contribution >= 0.6 is 0 Å². The molecule has 4 atom stereocenters. The molecule has 0 radical (unpaired) electrons. The molecular weight excluding hydrogens is 324 g/mol. The third kappa shape index (κ3) is 3.90. The van der Waals surface area contributed by atoms with Gasteiger partial charge in [0.15, 0.2) is 6.23 Å². The van der Waals surface area contributed by atoms with E-state index in [2.05, 4.69) is 10.9 Å². The summed E-state index contributed by atoms with van der Waals surface area (Å²) in [4.78, 5) is 36.0. The van der Waals surface area contributed by atoms with Crippen LogP contribution in [-0.2, 0) is 19.0 Å². The van der Waals surface area contributed by atoms with Crippen molar-refractivity contribution < 1.29 is 29.2 Å². The number of nitrogens with one attached hydrogen (secondary N) is 1. The Kier molecular flexibility index (Phi) is 5.88. The summed E-state index contributed by atoms with van der Waals surface area (Å²) < 4.78 is 17.2. The number of carboxylic acid groups (broad SMARTS) is 1. The molecule has 0 saturated carbocycles. The van der Waals surface area contributed by atoms with Gasteiger partial charge in [-0.25, -0.2) is 9.59 Å². The number of aromatic nitrogens is 2. The first-order chi connectivity index (χ1) is 11.5. The molecule has 2 heterocycles. The number of aliphatic hydroxyl groups is 1. The van der Waals surface area contributed by atoms with E-state index in [0.717, 1.165) is 10.6 Å². The summed E-state index contributed by atoms with van der Waals surface area (Å²) >= 11 is 0. The topological polar surface area (TPSA) is 140 Å². The summed E-state index contributed by atoms with van der Waals surface area (Å²) in [6.07, 6.45) is 2.40. The van der Waals surface area contributed by atoms with Gasteiger partial charge < -0.3 is 24.4 Å². The van der Waals surface area contributed by atoms with Gasteiger partial charge in [0.1, 0.15) is 31.5 Å². The zero-order valence-corrected chi connectivity index (χ0v) is 12.5. The number of hydrogen-bond acceptors (Lipinski definition) is 7. The van der Waals surface area contributed by atoms with Crippen molar-refractivity contribution in [2.75, 3.05) is 19.8 Å². The van der Waals surface area contributed by atoms with Crippen LogP contribution in [0.5, 0.6) is 0 Å². The lowest BCUT2D eigenvalue weighted by atomic mass is 10.1. The van der Waals surface area contributed by atoms with Gasteiger partial charge >= 0.3 is 11.7 Å². The molecule has 0 aliphatic carbocycles. The first-order valence-corrected chi connectivity index (χ1v) is 6.94. The average molecular weight is 340 g/mol. The molecule has 1 fully saturated rings. The predicted molar refractivity (Wildman–Crippen MR) is 78.3 cm³/mol. The lowest BCUT2D eigenvalue weighted by Crippen LogP contribution is -2.41. The molecule has 0 aromatic carbocycles. The van der Waals surface area contributed by atoms with Crippen LogP contribution in [0.3, 0.4) is 0 Å². The highest BCUT2D eigenvalue weighted by Crippen LogP contribution is 2.32. The molecule has 24 heavy (non-hydrogen) atoms. The molecule has 0 amide bonds. The number of carbonyl (C=O) groups is 1. The minimum atomic E-state index is -1.23. The maximum Gasteiger partial charge on any atom is 0.330 e. The summed E-state index contributed by atoms with van der Waals surface area (Å²) in [7, 11) is 0. The van der Waals surface area contributed by atoms with Crippen molar-refractivity contribution in [3.63, 3.8) is 0 Å². The van der Waals surface area contributed by atoms with Gasteiger partial charge in [0, 0.05) is 12.3 Å². The number of rotatable bonds is 7. The van der Waals surface area contributed by atoms with Gasteiger partial charge in [0.25, 0.3) is 5.56 Å². The number of ether oxygens (including phenoxy) is 3. The largest absolute Gasteiger partial charge is 0.480 e. The van der Waals surface area contributed by atoms with Gasteiger partial charge in [-0.1, -0.05) is 5.92 Å². The van der Waals surface area contributed by atoms with E-state index in [1.165, 1.54) is 6.20 Å². The number of aliphatic carboxylic acids is 1. The lowest BCUT2D eigenvalue weighted by molar-refractivity contribution is -0.150. The van der Waals surface area contributed by atoms with E-state index in [-0.39, 0.29) is 6.61 Å². The van der Waals surface area contributed by atoms with E-state index in [9.17, 15) is 19.5 Å². The van der Waals surface area contributed by atoms with Gasteiger partial charge in [-0.2, -0.15) is 0 Å². The fraction of sp³-hybridized carbons (Fsp3) is 0.500. The van der Waals surface area contributed by atoms with Crippen molar-refractivity contribution in [3.8, 4) is 12.3 Å². The first kappa shape index (κ1) is 17.9. The van der Waals surface area contributed by atoms with Crippen molar-refractivity contribution in [2.24, 2.45) is 0 Å². The zero-order valence-electron chi connectivity index (χ0n) is 12.5. The SMILES string of the molecule is C#CCO[C@H]1[C@@H](OCC(=O)O)[C@H](n2ccc(=O)[nH]c2=O)O[C@@H]1CO. The van der Waals surface area contributed by atoms with E-state index < -0.39 is 55.0 Å². The van der Waals surface area contributed by atoms with Crippen molar-refractivity contribution in [2.45, 2.75) is 24.5 Å². The summed E-state index contributed by atoms with van der Waals surface area (Å²) in [6, 6.07) is 1.10. The van der Waals surface area contributed by atoms with Crippen LogP contribution in [0.25, 0.3) is 0 Å². The van der Waals surface area contributed by atoms with Crippen LogP contribution in [-0.4, -0.2) is 63.9 Å². The summed E-state index contributed by atoms with van der Waals surface area (Å²) in [5.74, 6) is 1.02. The van der Waals surface area contributed by atoms with Gasteiger partial charge in [0.05, 0.1) is 6.61 Å². The maximum atomic E-state index is 11.9. The lowest BCUT2D eigenvalue weighted by Gasteiger charge is -2.23. The molecular formula is C14H16N2O8. The molecule has 3 N–H and O–H groups in total. The van der Waals surface area contributed by atoms with Gasteiger partial charge in [-0.3, -0.25) is 14.3 Å². The Hall–Kier alpha value is -2.45. The monoisotopic (exact) mass is 340 g/mol. The number of nitrogens with zero attached hydrogens (tertiary/aromatic N) is 1. The Bertz CT molecular complexity index is 733. The van der Waals surface area contributed by atoms with Crippen LogP contribution in [0.1, 0.15) is 6.23 Å². The number of aromatic amines is 1. The molecule has 1 aliphatic rings. The summed E-state index contributed by atoms with van der Waals surface area (Å²) in [5.41, 5.74) is -1.37. The number of carboxylic acids is 1. The maximum absolute atomic E-state index is 11.9. The van der Waals surface area contributed by atoms with E-state index in [1.54, 1.807) is 0 Å². The number of hydrogen-bond donors (Lipinski definition) is 3.